The van der Waals surface area contributed by atoms with Crippen LogP contribution in [0, 0.1) is 0 Å². The molecule has 0 spiro atoms. The van der Waals surface area contributed by atoms with Crippen LogP contribution in [0.5, 0.6) is 0 Å². The number of nitrogens with two attached hydrogens (primary N) is 1. The summed E-state index contributed by atoms with van der Waals surface area (Å²) in [6, 6.07) is 13.7. The Kier molecular flexibility index (Phi) is 2.22. The first kappa shape index (κ1) is 9.78. The zero-order chi connectivity index (χ0) is 11.7. The lowest BCUT2D eigenvalue weighted by molar-refractivity contribution is 1.33. The normalized spacial score (nSPS) is 10.6. The van der Waals surface area contributed by atoms with Gasteiger partial charge in [-0.3, -0.25) is 9.97 Å². The van der Waals surface area contributed by atoms with Crippen LogP contribution in [0.2, 0.25) is 0 Å². The van der Waals surface area contributed by atoms with Crippen LogP contribution in [0.3, 0.4) is 0 Å². The lowest BCUT2D eigenvalue weighted by atomic mass is 10.1. The number of hydrogen-bond acceptors (Lipinski definition) is 3. The van der Waals surface area contributed by atoms with Crippen molar-refractivity contribution in [3.63, 3.8) is 0 Å². The topological polar surface area (TPSA) is 51.8 Å². The third-order valence-electron chi connectivity index (χ3n) is 2.72. The summed E-state index contributed by atoms with van der Waals surface area (Å²) in [7, 11) is 0. The molecule has 0 atom stereocenters. The molecule has 3 rings (SSSR count). The largest absolute Gasteiger partial charge is 0.397 e. The van der Waals surface area contributed by atoms with Gasteiger partial charge in [-0.25, -0.2) is 0 Å². The van der Waals surface area contributed by atoms with Gasteiger partial charge in [0.15, 0.2) is 0 Å². The highest BCUT2D eigenvalue weighted by atomic mass is 14.7. The Hall–Kier alpha value is -2.42. The highest BCUT2D eigenvalue weighted by Gasteiger charge is 2.04. The van der Waals surface area contributed by atoms with Gasteiger partial charge in [-0.2, -0.15) is 0 Å². The fraction of sp³-hybridized carbons (Fsp3) is 0. The van der Waals surface area contributed by atoms with Crippen molar-refractivity contribution < 1.29 is 0 Å². The lowest BCUT2D eigenvalue weighted by Crippen LogP contribution is -1.92. The molecule has 3 aromatic rings. The summed E-state index contributed by atoms with van der Waals surface area (Å²) >= 11 is 0. The molecule has 0 bridgehead atoms. The number of fused-ring (bicyclic) bond motifs is 1. The number of nitrogens with zero attached hydrogens (tertiary/aromatic N) is 2. The second kappa shape index (κ2) is 3.87. The van der Waals surface area contributed by atoms with Crippen LogP contribution < -0.4 is 5.73 Å². The van der Waals surface area contributed by atoms with Crippen molar-refractivity contribution in [1.82, 2.24) is 9.97 Å². The van der Waals surface area contributed by atoms with Crippen LogP contribution in [-0.2, 0) is 0 Å². The van der Waals surface area contributed by atoms with E-state index < -0.39 is 0 Å². The molecule has 2 heterocycles. The van der Waals surface area contributed by atoms with Crippen molar-refractivity contribution in [2.75, 3.05) is 5.73 Å². The Balaban J connectivity index is 2.22. The predicted molar refractivity (Wildman–Crippen MR) is 69.4 cm³/mol. The van der Waals surface area contributed by atoms with Crippen LogP contribution >= 0.6 is 0 Å². The average Bonchev–Trinajstić information content (AvgIpc) is 2.39. The first-order valence-electron chi connectivity index (χ1n) is 5.40. The van der Waals surface area contributed by atoms with Crippen molar-refractivity contribution in [1.29, 1.82) is 0 Å². The minimum absolute atomic E-state index is 0.691. The van der Waals surface area contributed by atoms with Gasteiger partial charge in [-0.15, -0.1) is 0 Å². The lowest BCUT2D eigenvalue weighted by Gasteiger charge is -2.05. The Morgan fingerprint density at radius 2 is 1.71 bits per heavy atom. The predicted octanol–water partition coefficient (Wildman–Crippen LogP) is 2.88. The molecule has 0 unspecified atom stereocenters. The van der Waals surface area contributed by atoms with Crippen molar-refractivity contribution in [2.45, 2.75) is 0 Å². The minimum Gasteiger partial charge on any atom is -0.397 e. The molecule has 0 aliphatic rings. The summed E-state index contributed by atoms with van der Waals surface area (Å²) in [5, 5.41) is 1.09. The van der Waals surface area contributed by atoms with Gasteiger partial charge in [0.1, 0.15) is 0 Å². The molecule has 0 aliphatic heterocycles. The van der Waals surface area contributed by atoms with Gasteiger partial charge in [-0.1, -0.05) is 12.1 Å². The van der Waals surface area contributed by atoms with Crippen LogP contribution in [-0.4, -0.2) is 9.97 Å². The van der Waals surface area contributed by atoms with Crippen molar-refractivity contribution in [3.05, 3.63) is 54.9 Å². The smallest absolute Gasteiger partial charge is 0.0931 e. The molecule has 2 N–H and O–H groups in total. The van der Waals surface area contributed by atoms with E-state index in [1.54, 1.807) is 12.4 Å². The van der Waals surface area contributed by atoms with Gasteiger partial charge in [0.05, 0.1) is 16.9 Å². The number of rotatable bonds is 1. The van der Waals surface area contributed by atoms with Crippen LogP contribution in [0.4, 0.5) is 5.69 Å². The summed E-state index contributed by atoms with van der Waals surface area (Å²) in [6.07, 6.45) is 3.54. The molecule has 0 saturated heterocycles. The fourth-order valence-corrected chi connectivity index (χ4v) is 1.88. The maximum atomic E-state index is 5.92. The van der Waals surface area contributed by atoms with E-state index in [0.717, 1.165) is 22.2 Å². The Morgan fingerprint density at radius 1 is 0.882 bits per heavy atom. The third kappa shape index (κ3) is 1.72. The molecule has 0 amide bonds. The second-order valence-electron chi connectivity index (χ2n) is 3.85. The van der Waals surface area contributed by atoms with Crippen molar-refractivity contribution in [2.24, 2.45) is 0 Å². The first-order valence-corrected chi connectivity index (χ1v) is 5.40. The van der Waals surface area contributed by atoms with Gasteiger partial charge in [0.25, 0.3) is 0 Å². The molecule has 3 nitrogen and oxygen atoms in total. The molecule has 1 aromatic carbocycles. The quantitative estimate of drug-likeness (QED) is 0.687. The first-order chi connectivity index (χ1) is 8.34. The third-order valence-corrected chi connectivity index (χ3v) is 2.72. The molecule has 0 radical (unpaired) electrons. The van der Waals surface area contributed by atoms with Crippen LogP contribution in [0.25, 0.3) is 22.2 Å². The maximum absolute atomic E-state index is 5.92. The van der Waals surface area contributed by atoms with Crippen molar-refractivity contribution >= 4 is 16.6 Å². The van der Waals surface area contributed by atoms with Gasteiger partial charge in [0, 0.05) is 23.3 Å². The van der Waals surface area contributed by atoms with Crippen molar-refractivity contribution in [3.8, 4) is 11.3 Å². The van der Waals surface area contributed by atoms with Crippen LogP contribution in [0.1, 0.15) is 0 Å². The fourth-order valence-electron chi connectivity index (χ4n) is 1.88. The number of aromatic nitrogens is 2. The summed E-state index contributed by atoms with van der Waals surface area (Å²) < 4.78 is 0. The Bertz CT molecular complexity index is 677. The maximum Gasteiger partial charge on any atom is 0.0931 e. The zero-order valence-electron chi connectivity index (χ0n) is 9.17. The molecular formula is C14H11N3. The number of pyridine rings is 2. The van der Waals surface area contributed by atoms with Crippen LogP contribution in [0.15, 0.2) is 54.9 Å². The molecule has 0 aliphatic carbocycles. The van der Waals surface area contributed by atoms with E-state index in [0.29, 0.717) is 5.69 Å². The Morgan fingerprint density at radius 3 is 2.59 bits per heavy atom. The molecule has 82 valence electrons. The van der Waals surface area contributed by atoms with E-state index in [-0.39, 0.29) is 0 Å². The number of benzene rings is 1. The molecular weight excluding hydrogens is 210 g/mol. The zero-order valence-corrected chi connectivity index (χ0v) is 9.17. The van der Waals surface area contributed by atoms with Gasteiger partial charge in [0.2, 0.25) is 0 Å². The molecule has 0 saturated carbocycles. The van der Waals surface area contributed by atoms with Gasteiger partial charge < -0.3 is 5.73 Å². The Labute approximate surface area is 98.9 Å². The van der Waals surface area contributed by atoms with E-state index in [2.05, 4.69) is 16.0 Å². The number of nitrogen functional groups attached to an aromatic ring is 1. The standard InChI is InChI=1S/C14H11N3/c15-12-4-2-8-17-14(12)11-5-6-13-10(9-11)3-1-7-16-13/h1-9H,15H2. The molecule has 2 aromatic heterocycles. The summed E-state index contributed by atoms with van der Waals surface area (Å²) in [4.78, 5) is 8.60. The number of hydrogen-bond donors (Lipinski definition) is 1. The average molecular weight is 221 g/mol. The van der Waals surface area contributed by atoms with E-state index in [1.807, 2.05) is 36.4 Å². The highest BCUT2D eigenvalue weighted by Crippen LogP contribution is 2.25. The SMILES string of the molecule is Nc1cccnc1-c1ccc2ncccc2c1. The van der Waals surface area contributed by atoms with E-state index in [1.165, 1.54) is 0 Å². The monoisotopic (exact) mass is 221 g/mol. The van der Waals surface area contributed by atoms with E-state index >= 15 is 0 Å². The van der Waals surface area contributed by atoms with Gasteiger partial charge >= 0.3 is 0 Å². The molecule has 17 heavy (non-hydrogen) atoms. The van der Waals surface area contributed by atoms with E-state index in [4.69, 9.17) is 5.73 Å². The van der Waals surface area contributed by atoms with E-state index in [9.17, 15) is 0 Å². The minimum atomic E-state index is 0.691. The highest BCUT2D eigenvalue weighted by molar-refractivity contribution is 5.85. The summed E-state index contributed by atoms with van der Waals surface area (Å²) in [6.45, 7) is 0. The van der Waals surface area contributed by atoms with Gasteiger partial charge in [-0.05, 0) is 30.3 Å². The molecule has 3 heteroatoms. The number of anilines is 1. The summed E-state index contributed by atoms with van der Waals surface area (Å²) in [5.41, 5.74) is 9.42. The summed E-state index contributed by atoms with van der Waals surface area (Å²) in [5.74, 6) is 0. The molecule has 0 fully saturated rings. The second-order valence-corrected chi connectivity index (χ2v) is 3.85.